The summed E-state index contributed by atoms with van der Waals surface area (Å²) in [5.41, 5.74) is 2.38. The van der Waals surface area contributed by atoms with E-state index in [-0.39, 0.29) is 5.92 Å². The topological polar surface area (TPSA) is 32.7 Å². The normalized spacial score (nSPS) is 23.9. The largest absolute Gasteiger partial charge is 0.497 e. The van der Waals surface area contributed by atoms with E-state index >= 15 is 0 Å². The summed E-state index contributed by atoms with van der Waals surface area (Å²) in [6.45, 7) is 0.858. The quantitative estimate of drug-likeness (QED) is 0.736. The first-order valence-electron chi connectivity index (χ1n) is 9.87. The Bertz CT molecular complexity index is 816. The number of nitrogens with zero attached hydrogens (tertiary/aromatic N) is 1. The molecule has 0 aliphatic heterocycles. The average molecular weight is 400 g/mol. The van der Waals surface area contributed by atoms with Crippen molar-refractivity contribution in [2.24, 2.45) is 5.92 Å². The van der Waals surface area contributed by atoms with Crippen LogP contribution in [-0.4, -0.2) is 43.4 Å². The number of halogens is 1. The Morgan fingerprint density at radius 2 is 1.96 bits per heavy atom. The number of hydrogen-bond donors (Lipinski definition) is 1. The minimum Gasteiger partial charge on any atom is -0.497 e. The van der Waals surface area contributed by atoms with Gasteiger partial charge in [0, 0.05) is 23.9 Å². The second kappa shape index (κ2) is 9.13. The maximum atomic E-state index is 12.0. The van der Waals surface area contributed by atoms with Crippen LogP contribution in [0.2, 0.25) is 5.02 Å². The lowest BCUT2D eigenvalue weighted by Crippen LogP contribution is -2.48. The zero-order valence-electron chi connectivity index (χ0n) is 17.0. The predicted octanol–water partition coefficient (Wildman–Crippen LogP) is 5.07. The van der Waals surface area contributed by atoms with Gasteiger partial charge in [0.2, 0.25) is 0 Å². The number of hydrogen-bond acceptors (Lipinski definition) is 3. The molecule has 2 unspecified atom stereocenters. The van der Waals surface area contributed by atoms with Crippen molar-refractivity contribution >= 4 is 17.7 Å². The van der Waals surface area contributed by atoms with Gasteiger partial charge in [-0.1, -0.05) is 41.9 Å². The molecule has 0 saturated heterocycles. The second-order valence-electron chi connectivity index (χ2n) is 8.03. The van der Waals surface area contributed by atoms with E-state index in [9.17, 15) is 5.11 Å². The number of methoxy groups -OCH3 is 1. The highest BCUT2D eigenvalue weighted by Gasteiger charge is 2.42. The summed E-state index contributed by atoms with van der Waals surface area (Å²) in [7, 11) is 5.81. The minimum atomic E-state index is -0.882. The van der Waals surface area contributed by atoms with E-state index < -0.39 is 5.60 Å². The average Bonchev–Trinajstić information content (AvgIpc) is 2.65. The van der Waals surface area contributed by atoms with Crippen LogP contribution in [-0.2, 0) is 6.42 Å². The van der Waals surface area contributed by atoms with Crippen molar-refractivity contribution < 1.29 is 9.84 Å². The monoisotopic (exact) mass is 399 g/mol. The molecule has 3 nitrogen and oxygen atoms in total. The van der Waals surface area contributed by atoms with E-state index in [0.29, 0.717) is 11.4 Å². The standard InChI is InChI=1S/C24H30ClNO2/c1-26(2)17-21-8-5-7-20(14-18-10-12-23(28-3)13-11-18)24(21,27)16-19-6-4-9-22(25)15-19/h4,6,9-15,21,27H,5,7-8,16-17H2,1-3H3. The minimum absolute atomic E-state index is 0.180. The molecule has 1 fully saturated rings. The molecule has 1 saturated carbocycles. The Balaban J connectivity index is 1.97. The SMILES string of the molecule is COc1ccc(C=C2CCCC(CN(C)C)C2(O)Cc2cccc(Cl)c2)cc1. The summed E-state index contributed by atoms with van der Waals surface area (Å²) in [6.07, 6.45) is 5.76. The van der Waals surface area contributed by atoms with Crippen LogP contribution >= 0.6 is 11.6 Å². The van der Waals surface area contributed by atoms with Crippen molar-refractivity contribution in [3.05, 3.63) is 70.3 Å². The van der Waals surface area contributed by atoms with Crippen molar-refractivity contribution in [2.75, 3.05) is 27.7 Å². The van der Waals surface area contributed by atoms with Gasteiger partial charge in [-0.15, -0.1) is 0 Å². The lowest BCUT2D eigenvalue weighted by Gasteiger charge is -2.43. The first kappa shape index (κ1) is 20.9. The zero-order chi connectivity index (χ0) is 20.1. The van der Waals surface area contributed by atoms with Crippen molar-refractivity contribution in [3.63, 3.8) is 0 Å². The van der Waals surface area contributed by atoms with Crippen LogP contribution < -0.4 is 4.74 Å². The molecule has 28 heavy (non-hydrogen) atoms. The van der Waals surface area contributed by atoms with Crippen molar-refractivity contribution in [1.82, 2.24) is 4.90 Å². The van der Waals surface area contributed by atoms with Crippen molar-refractivity contribution in [3.8, 4) is 5.75 Å². The molecule has 0 bridgehead atoms. The molecular formula is C24H30ClNO2. The van der Waals surface area contributed by atoms with Crippen molar-refractivity contribution in [2.45, 2.75) is 31.3 Å². The molecule has 0 aromatic heterocycles. The van der Waals surface area contributed by atoms with Crippen LogP contribution in [0.1, 0.15) is 30.4 Å². The van der Waals surface area contributed by atoms with E-state index in [1.54, 1.807) is 7.11 Å². The summed E-state index contributed by atoms with van der Waals surface area (Å²) in [6, 6.07) is 15.9. The van der Waals surface area contributed by atoms with E-state index in [4.69, 9.17) is 16.3 Å². The van der Waals surface area contributed by atoms with Gasteiger partial charge in [0.05, 0.1) is 12.7 Å². The maximum absolute atomic E-state index is 12.0. The summed E-state index contributed by atoms with van der Waals surface area (Å²) in [4.78, 5) is 2.17. The summed E-state index contributed by atoms with van der Waals surface area (Å²) >= 11 is 6.21. The Morgan fingerprint density at radius 3 is 2.61 bits per heavy atom. The Morgan fingerprint density at radius 1 is 1.21 bits per heavy atom. The molecule has 1 N–H and O–H groups in total. The first-order chi connectivity index (χ1) is 13.4. The predicted molar refractivity (Wildman–Crippen MR) is 117 cm³/mol. The van der Waals surface area contributed by atoms with E-state index in [2.05, 4.69) is 31.1 Å². The molecule has 3 rings (SSSR count). The Labute approximate surface area is 173 Å². The lowest BCUT2D eigenvalue weighted by molar-refractivity contribution is -0.0123. The molecule has 0 amide bonds. The molecule has 0 spiro atoms. The Kier molecular flexibility index (Phi) is 6.82. The number of aliphatic hydroxyl groups is 1. The van der Waals surface area contributed by atoms with Gasteiger partial charge in [0.25, 0.3) is 0 Å². The summed E-state index contributed by atoms with van der Waals surface area (Å²) < 4.78 is 5.26. The van der Waals surface area contributed by atoms with Gasteiger partial charge >= 0.3 is 0 Å². The van der Waals surface area contributed by atoms with Crippen LogP contribution in [0.3, 0.4) is 0 Å². The van der Waals surface area contributed by atoms with Crippen LogP contribution in [0.5, 0.6) is 5.75 Å². The third-order valence-corrected chi connectivity index (χ3v) is 5.87. The molecule has 1 aliphatic carbocycles. The fraction of sp³-hybridized carbons (Fsp3) is 0.417. The number of ether oxygens (including phenoxy) is 1. The smallest absolute Gasteiger partial charge is 0.118 e. The fourth-order valence-corrected chi connectivity index (χ4v) is 4.47. The Hall–Kier alpha value is -1.81. The van der Waals surface area contributed by atoms with Crippen LogP contribution in [0, 0.1) is 5.92 Å². The zero-order valence-corrected chi connectivity index (χ0v) is 17.7. The molecule has 2 aromatic rings. The van der Waals surface area contributed by atoms with E-state index in [1.807, 2.05) is 42.5 Å². The lowest BCUT2D eigenvalue weighted by atomic mass is 9.68. The highest BCUT2D eigenvalue weighted by atomic mass is 35.5. The number of rotatable bonds is 6. The molecule has 2 aromatic carbocycles. The second-order valence-corrected chi connectivity index (χ2v) is 8.46. The van der Waals surface area contributed by atoms with Crippen LogP contribution in [0.15, 0.2) is 54.1 Å². The molecule has 4 heteroatoms. The summed E-state index contributed by atoms with van der Waals surface area (Å²) in [5.74, 6) is 1.02. The van der Waals surface area contributed by atoms with Gasteiger partial charge in [-0.25, -0.2) is 0 Å². The van der Waals surface area contributed by atoms with Crippen molar-refractivity contribution in [1.29, 1.82) is 0 Å². The van der Waals surface area contributed by atoms with E-state index in [0.717, 1.165) is 48.3 Å². The highest BCUT2D eigenvalue weighted by Crippen LogP contribution is 2.42. The third kappa shape index (κ3) is 4.96. The molecular weight excluding hydrogens is 370 g/mol. The first-order valence-corrected chi connectivity index (χ1v) is 10.2. The van der Waals surface area contributed by atoms with Crippen LogP contribution in [0.25, 0.3) is 6.08 Å². The third-order valence-electron chi connectivity index (χ3n) is 5.64. The van der Waals surface area contributed by atoms with Gasteiger partial charge in [0.15, 0.2) is 0 Å². The van der Waals surface area contributed by atoms with Gasteiger partial charge in [-0.3, -0.25) is 0 Å². The molecule has 0 heterocycles. The van der Waals surface area contributed by atoms with E-state index in [1.165, 1.54) is 0 Å². The molecule has 1 aliphatic rings. The molecule has 0 radical (unpaired) electrons. The number of benzene rings is 2. The highest BCUT2D eigenvalue weighted by molar-refractivity contribution is 6.30. The van der Waals surface area contributed by atoms with Gasteiger partial charge in [0.1, 0.15) is 5.75 Å². The summed E-state index contributed by atoms with van der Waals surface area (Å²) in [5, 5.41) is 12.7. The fourth-order valence-electron chi connectivity index (χ4n) is 4.25. The van der Waals surface area contributed by atoms with Gasteiger partial charge in [-0.2, -0.15) is 0 Å². The molecule has 2 atom stereocenters. The van der Waals surface area contributed by atoms with Gasteiger partial charge in [-0.05, 0) is 74.3 Å². The maximum Gasteiger partial charge on any atom is 0.118 e. The molecule has 150 valence electrons. The van der Waals surface area contributed by atoms with Crippen LogP contribution in [0.4, 0.5) is 0 Å². The van der Waals surface area contributed by atoms with Gasteiger partial charge < -0.3 is 14.7 Å².